The third kappa shape index (κ3) is 5.16. The van der Waals surface area contributed by atoms with Gasteiger partial charge in [0.05, 0.1) is 6.54 Å². The normalized spacial score (nSPS) is 15.2. The van der Waals surface area contributed by atoms with E-state index in [-0.39, 0.29) is 12.5 Å². The highest BCUT2D eigenvalue weighted by Crippen LogP contribution is 2.19. The Labute approximate surface area is 148 Å². The average molecular weight is 350 g/mol. The number of guanidine groups is 1. The van der Waals surface area contributed by atoms with Gasteiger partial charge in [-0.1, -0.05) is 17.7 Å². The summed E-state index contributed by atoms with van der Waals surface area (Å²) in [5.74, 6) is 0.676. The fourth-order valence-corrected chi connectivity index (χ4v) is 2.65. The summed E-state index contributed by atoms with van der Waals surface area (Å²) in [6.45, 7) is 7.53. The zero-order chi connectivity index (χ0) is 17.4. The number of nitrogens with zero attached hydrogens (tertiary/aromatic N) is 3. The lowest BCUT2D eigenvalue weighted by Gasteiger charge is -2.36. The second-order valence-electron chi connectivity index (χ2n) is 5.44. The lowest BCUT2D eigenvalue weighted by molar-refractivity contribution is -0.130. The number of hydrogen-bond acceptors (Lipinski definition) is 3. The van der Waals surface area contributed by atoms with E-state index in [1.54, 1.807) is 13.1 Å². The van der Waals surface area contributed by atoms with Gasteiger partial charge in [-0.3, -0.25) is 9.79 Å². The molecule has 0 bridgehead atoms. The molecule has 0 aromatic heterocycles. The summed E-state index contributed by atoms with van der Waals surface area (Å²) in [6, 6.07) is 7.80. The van der Waals surface area contributed by atoms with Crippen LogP contribution in [-0.2, 0) is 4.79 Å². The number of rotatable bonds is 5. The Morgan fingerprint density at radius 3 is 2.50 bits per heavy atom. The summed E-state index contributed by atoms with van der Waals surface area (Å²) < 4.78 is 0. The van der Waals surface area contributed by atoms with Gasteiger partial charge in [0.1, 0.15) is 0 Å². The van der Waals surface area contributed by atoms with Crippen molar-refractivity contribution in [3.05, 3.63) is 41.9 Å². The minimum absolute atomic E-state index is 0.0762. The standard InChI is InChI=1S/C17H24ClN5O/c1-3-8-20-17(19-2)21-13-16(24)23-11-9-22(10-12-23)15-6-4-14(18)5-7-15/h3-7H,1,8-13H2,2H3,(H2,19,20,21). The molecule has 2 rings (SSSR count). The van der Waals surface area contributed by atoms with E-state index in [1.807, 2.05) is 29.2 Å². The summed E-state index contributed by atoms with van der Waals surface area (Å²) in [7, 11) is 1.67. The highest BCUT2D eigenvalue weighted by Gasteiger charge is 2.21. The molecule has 0 unspecified atom stereocenters. The van der Waals surface area contributed by atoms with Gasteiger partial charge in [0.15, 0.2) is 5.96 Å². The zero-order valence-electron chi connectivity index (χ0n) is 14.0. The van der Waals surface area contributed by atoms with Crippen LogP contribution in [0.5, 0.6) is 0 Å². The van der Waals surface area contributed by atoms with Crippen LogP contribution in [0.25, 0.3) is 0 Å². The molecule has 24 heavy (non-hydrogen) atoms. The number of carbonyl (C=O) groups excluding carboxylic acids is 1. The molecule has 7 heteroatoms. The summed E-state index contributed by atoms with van der Waals surface area (Å²) in [5, 5.41) is 6.80. The quantitative estimate of drug-likeness (QED) is 0.478. The molecule has 1 amide bonds. The fourth-order valence-electron chi connectivity index (χ4n) is 2.53. The smallest absolute Gasteiger partial charge is 0.242 e. The predicted octanol–water partition coefficient (Wildman–Crippen LogP) is 1.34. The second-order valence-corrected chi connectivity index (χ2v) is 5.88. The van der Waals surface area contributed by atoms with Crippen molar-refractivity contribution in [1.82, 2.24) is 15.5 Å². The molecule has 1 aromatic rings. The lowest BCUT2D eigenvalue weighted by Crippen LogP contribution is -2.52. The molecule has 0 aliphatic carbocycles. The van der Waals surface area contributed by atoms with Crippen molar-refractivity contribution in [2.75, 3.05) is 51.2 Å². The first-order valence-corrected chi connectivity index (χ1v) is 8.35. The van der Waals surface area contributed by atoms with E-state index in [2.05, 4.69) is 27.1 Å². The van der Waals surface area contributed by atoms with Crippen molar-refractivity contribution in [3.8, 4) is 0 Å². The van der Waals surface area contributed by atoms with E-state index < -0.39 is 0 Å². The molecule has 130 valence electrons. The Morgan fingerprint density at radius 2 is 1.92 bits per heavy atom. The van der Waals surface area contributed by atoms with Crippen LogP contribution in [0.3, 0.4) is 0 Å². The van der Waals surface area contributed by atoms with Gasteiger partial charge in [-0.25, -0.2) is 0 Å². The number of anilines is 1. The van der Waals surface area contributed by atoms with Crippen LogP contribution in [0.15, 0.2) is 41.9 Å². The highest BCUT2D eigenvalue weighted by atomic mass is 35.5. The number of hydrogen-bond donors (Lipinski definition) is 2. The molecule has 1 fully saturated rings. The first-order valence-electron chi connectivity index (χ1n) is 7.97. The zero-order valence-corrected chi connectivity index (χ0v) is 14.7. The van der Waals surface area contributed by atoms with Gasteiger partial charge in [-0.15, -0.1) is 6.58 Å². The van der Waals surface area contributed by atoms with Gasteiger partial charge in [-0.05, 0) is 24.3 Å². The first kappa shape index (κ1) is 18.1. The molecule has 1 saturated heterocycles. The lowest BCUT2D eigenvalue weighted by atomic mass is 10.2. The third-order valence-electron chi connectivity index (χ3n) is 3.87. The Kier molecular flexibility index (Phi) is 6.93. The number of benzene rings is 1. The summed E-state index contributed by atoms with van der Waals surface area (Å²) in [5.41, 5.74) is 1.14. The summed E-state index contributed by atoms with van der Waals surface area (Å²) in [6.07, 6.45) is 1.74. The minimum Gasteiger partial charge on any atom is -0.368 e. The molecular formula is C17H24ClN5O. The van der Waals surface area contributed by atoms with E-state index in [1.165, 1.54) is 0 Å². The van der Waals surface area contributed by atoms with Gasteiger partial charge in [0.2, 0.25) is 5.91 Å². The first-order chi connectivity index (χ1) is 11.6. The molecule has 0 saturated carbocycles. The molecule has 6 nitrogen and oxygen atoms in total. The van der Waals surface area contributed by atoms with Crippen LogP contribution >= 0.6 is 11.6 Å². The Morgan fingerprint density at radius 1 is 1.25 bits per heavy atom. The van der Waals surface area contributed by atoms with Crippen LogP contribution in [0.1, 0.15) is 0 Å². The van der Waals surface area contributed by atoms with E-state index >= 15 is 0 Å². The SMILES string of the molecule is C=CCNC(=NC)NCC(=O)N1CCN(c2ccc(Cl)cc2)CC1. The van der Waals surface area contributed by atoms with Crippen molar-refractivity contribution >= 4 is 29.2 Å². The topological polar surface area (TPSA) is 60.0 Å². The number of aliphatic imine (C=N–C) groups is 1. The third-order valence-corrected chi connectivity index (χ3v) is 4.12. The molecule has 1 aromatic carbocycles. The van der Waals surface area contributed by atoms with Gasteiger partial charge in [0, 0.05) is 50.5 Å². The number of nitrogens with one attached hydrogen (secondary N) is 2. The van der Waals surface area contributed by atoms with Crippen molar-refractivity contribution in [1.29, 1.82) is 0 Å². The molecular weight excluding hydrogens is 326 g/mol. The van der Waals surface area contributed by atoms with Crippen molar-refractivity contribution in [2.24, 2.45) is 4.99 Å². The van der Waals surface area contributed by atoms with Crippen LogP contribution in [0.4, 0.5) is 5.69 Å². The minimum atomic E-state index is 0.0762. The Bertz CT molecular complexity index is 579. The number of halogens is 1. The average Bonchev–Trinajstić information content (AvgIpc) is 2.62. The van der Waals surface area contributed by atoms with Crippen LogP contribution in [0.2, 0.25) is 5.02 Å². The summed E-state index contributed by atoms with van der Waals surface area (Å²) in [4.78, 5) is 20.5. The van der Waals surface area contributed by atoms with Gasteiger partial charge in [0.25, 0.3) is 0 Å². The van der Waals surface area contributed by atoms with Crippen LogP contribution in [-0.4, -0.2) is 63.1 Å². The fraction of sp³-hybridized carbons (Fsp3) is 0.412. The van der Waals surface area contributed by atoms with Crippen molar-refractivity contribution in [3.63, 3.8) is 0 Å². The molecule has 0 spiro atoms. The molecule has 2 N–H and O–H groups in total. The largest absolute Gasteiger partial charge is 0.368 e. The maximum absolute atomic E-state index is 12.3. The molecule has 0 radical (unpaired) electrons. The predicted molar refractivity (Wildman–Crippen MR) is 99.8 cm³/mol. The van der Waals surface area contributed by atoms with Crippen molar-refractivity contribution in [2.45, 2.75) is 0 Å². The molecule has 1 aliphatic heterocycles. The maximum Gasteiger partial charge on any atom is 0.242 e. The van der Waals surface area contributed by atoms with E-state index in [4.69, 9.17) is 11.6 Å². The number of piperazine rings is 1. The van der Waals surface area contributed by atoms with Crippen LogP contribution < -0.4 is 15.5 Å². The Balaban J connectivity index is 1.78. The monoisotopic (exact) mass is 349 g/mol. The van der Waals surface area contributed by atoms with Crippen molar-refractivity contribution < 1.29 is 4.79 Å². The van der Waals surface area contributed by atoms with Gasteiger partial charge in [-0.2, -0.15) is 0 Å². The Hall–Kier alpha value is -2.21. The molecule has 0 atom stereocenters. The van der Waals surface area contributed by atoms with Gasteiger partial charge >= 0.3 is 0 Å². The van der Waals surface area contributed by atoms with E-state index in [9.17, 15) is 4.79 Å². The van der Waals surface area contributed by atoms with Gasteiger partial charge < -0.3 is 20.4 Å². The molecule has 1 aliphatic rings. The second kappa shape index (κ2) is 9.17. The van der Waals surface area contributed by atoms with E-state index in [0.717, 1.165) is 23.8 Å². The summed E-state index contributed by atoms with van der Waals surface area (Å²) >= 11 is 5.92. The van der Waals surface area contributed by atoms with Crippen LogP contribution in [0, 0.1) is 0 Å². The van der Waals surface area contributed by atoms with E-state index in [0.29, 0.717) is 25.6 Å². The maximum atomic E-state index is 12.3. The number of carbonyl (C=O) groups is 1. The highest BCUT2D eigenvalue weighted by molar-refractivity contribution is 6.30. The number of amides is 1. The molecule has 1 heterocycles.